The highest BCUT2D eigenvalue weighted by Crippen LogP contribution is 2.24. The van der Waals surface area contributed by atoms with Gasteiger partial charge in [0.2, 0.25) is 0 Å². The molecule has 0 aromatic heterocycles. The standard InChI is InChI=1S/C11H21NO2/c1-3-4-10-7-12(8-10)9(2)5-6-11(13)14/h9-10H,3-8H2,1-2H3,(H,13,14). The van der Waals surface area contributed by atoms with Crippen molar-refractivity contribution in [2.24, 2.45) is 5.92 Å². The van der Waals surface area contributed by atoms with Crippen LogP contribution in [-0.2, 0) is 4.79 Å². The molecule has 3 heteroatoms. The van der Waals surface area contributed by atoms with E-state index in [2.05, 4.69) is 18.7 Å². The maximum absolute atomic E-state index is 10.4. The van der Waals surface area contributed by atoms with Gasteiger partial charge in [0.05, 0.1) is 0 Å². The first-order valence-electron chi connectivity index (χ1n) is 5.59. The third-order valence-electron chi connectivity index (χ3n) is 3.08. The molecule has 0 aromatic rings. The number of carboxylic acids is 1. The monoisotopic (exact) mass is 199 g/mol. The zero-order chi connectivity index (χ0) is 10.6. The van der Waals surface area contributed by atoms with Gasteiger partial charge in [-0.2, -0.15) is 0 Å². The number of hydrogen-bond acceptors (Lipinski definition) is 2. The van der Waals surface area contributed by atoms with E-state index in [9.17, 15) is 4.79 Å². The van der Waals surface area contributed by atoms with Gasteiger partial charge >= 0.3 is 5.97 Å². The van der Waals surface area contributed by atoms with E-state index in [1.54, 1.807) is 0 Å². The topological polar surface area (TPSA) is 40.5 Å². The lowest BCUT2D eigenvalue weighted by Gasteiger charge is -2.43. The van der Waals surface area contributed by atoms with Crippen molar-refractivity contribution in [3.05, 3.63) is 0 Å². The molecule has 0 aromatic carbocycles. The van der Waals surface area contributed by atoms with Crippen molar-refractivity contribution in [1.29, 1.82) is 0 Å². The lowest BCUT2D eigenvalue weighted by molar-refractivity contribution is -0.137. The summed E-state index contributed by atoms with van der Waals surface area (Å²) in [5.74, 6) is 0.190. The first-order chi connectivity index (χ1) is 6.63. The smallest absolute Gasteiger partial charge is 0.303 e. The summed E-state index contributed by atoms with van der Waals surface area (Å²) in [5.41, 5.74) is 0. The Morgan fingerprint density at radius 1 is 1.57 bits per heavy atom. The summed E-state index contributed by atoms with van der Waals surface area (Å²) in [5, 5.41) is 8.55. The summed E-state index contributed by atoms with van der Waals surface area (Å²) in [4.78, 5) is 12.8. The van der Waals surface area contributed by atoms with E-state index < -0.39 is 5.97 Å². The van der Waals surface area contributed by atoms with Crippen LogP contribution in [0, 0.1) is 5.92 Å². The minimum atomic E-state index is -0.678. The maximum atomic E-state index is 10.4. The molecule has 1 fully saturated rings. The van der Waals surface area contributed by atoms with Crippen LogP contribution in [0.3, 0.4) is 0 Å². The Balaban J connectivity index is 2.09. The van der Waals surface area contributed by atoms with Crippen molar-refractivity contribution >= 4 is 5.97 Å². The predicted octanol–water partition coefficient (Wildman–Crippen LogP) is 1.97. The average Bonchev–Trinajstić information content (AvgIpc) is 2.06. The minimum absolute atomic E-state index is 0.302. The van der Waals surface area contributed by atoms with Gasteiger partial charge in [0.15, 0.2) is 0 Å². The number of hydrogen-bond donors (Lipinski definition) is 1. The highest BCUT2D eigenvalue weighted by Gasteiger charge is 2.29. The van der Waals surface area contributed by atoms with Crippen LogP contribution in [0.2, 0.25) is 0 Å². The van der Waals surface area contributed by atoms with Crippen LogP contribution in [0.1, 0.15) is 39.5 Å². The predicted molar refractivity (Wildman–Crippen MR) is 56.3 cm³/mol. The van der Waals surface area contributed by atoms with Gasteiger partial charge in [-0.3, -0.25) is 9.69 Å². The van der Waals surface area contributed by atoms with Gasteiger partial charge in [0.1, 0.15) is 0 Å². The van der Waals surface area contributed by atoms with Crippen molar-refractivity contribution in [3.63, 3.8) is 0 Å². The Hall–Kier alpha value is -0.570. The summed E-state index contributed by atoms with van der Waals surface area (Å²) >= 11 is 0. The zero-order valence-corrected chi connectivity index (χ0v) is 9.20. The fourth-order valence-electron chi connectivity index (χ4n) is 2.08. The van der Waals surface area contributed by atoms with Crippen LogP contribution in [-0.4, -0.2) is 35.1 Å². The van der Waals surface area contributed by atoms with Gasteiger partial charge in [-0.25, -0.2) is 0 Å². The normalized spacial score (nSPS) is 20.4. The van der Waals surface area contributed by atoms with Gasteiger partial charge in [0, 0.05) is 25.6 Å². The molecule has 1 aliphatic heterocycles. The van der Waals surface area contributed by atoms with Crippen LogP contribution >= 0.6 is 0 Å². The summed E-state index contributed by atoms with van der Waals surface area (Å²) in [6, 6.07) is 0.444. The molecule has 3 nitrogen and oxygen atoms in total. The Kier molecular flexibility index (Phi) is 4.39. The second kappa shape index (κ2) is 5.35. The number of nitrogens with zero attached hydrogens (tertiary/aromatic N) is 1. The minimum Gasteiger partial charge on any atom is -0.481 e. The third kappa shape index (κ3) is 3.29. The van der Waals surface area contributed by atoms with Crippen molar-refractivity contribution in [2.45, 2.75) is 45.6 Å². The van der Waals surface area contributed by atoms with Crippen molar-refractivity contribution in [3.8, 4) is 0 Å². The van der Waals surface area contributed by atoms with Crippen LogP contribution in [0.25, 0.3) is 0 Å². The summed E-state index contributed by atoms with van der Waals surface area (Å²) in [6.45, 7) is 6.70. The van der Waals surface area contributed by atoms with Gasteiger partial charge in [0.25, 0.3) is 0 Å². The number of rotatable bonds is 6. The molecule has 1 unspecified atom stereocenters. The summed E-state index contributed by atoms with van der Waals surface area (Å²) < 4.78 is 0. The highest BCUT2D eigenvalue weighted by atomic mass is 16.4. The highest BCUT2D eigenvalue weighted by molar-refractivity contribution is 5.66. The molecular weight excluding hydrogens is 178 g/mol. The van der Waals surface area contributed by atoms with E-state index in [4.69, 9.17) is 5.11 Å². The maximum Gasteiger partial charge on any atom is 0.303 e. The SMILES string of the molecule is CCCC1CN(C(C)CCC(=O)O)C1. The molecule has 0 radical (unpaired) electrons. The van der Waals surface area contributed by atoms with Crippen molar-refractivity contribution in [1.82, 2.24) is 4.90 Å². The molecule has 0 bridgehead atoms. The van der Waals surface area contributed by atoms with E-state index in [0.717, 1.165) is 12.3 Å². The lowest BCUT2D eigenvalue weighted by atomic mass is 9.92. The van der Waals surface area contributed by atoms with Crippen molar-refractivity contribution in [2.75, 3.05) is 13.1 Å². The number of likely N-dealkylation sites (tertiary alicyclic amines) is 1. The molecule has 1 rings (SSSR count). The third-order valence-corrected chi connectivity index (χ3v) is 3.08. The summed E-state index contributed by atoms with van der Waals surface area (Å²) in [7, 11) is 0. The second-order valence-corrected chi connectivity index (χ2v) is 4.39. The molecule has 0 aliphatic carbocycles. The molecular formula is C11H21NO2. The molecule has 1 saturated heterocycles. The van der Waals surface area contributed by atoms with Gasteiger partial charge in [-0.15, -0.1) is 0 Å². The Morgan fingerprint density at radius 3 is 2.71 bits per heavy atom. The largest absolute Gasteiger partial charge is 0.481 e. The van der Waals surface area contributed by atoms with Gasteiger partial charge in [-0.05, 0) is 25.7 Å². The van der Waals surface area contributed by atoms with Crippen molar-refractivity contribution < 1.29 is 9.90 Å². The van der Waals surface area contributed by atoms with Crippen LogP contribution < -0.4 is 0 Å². The number of aliphatic carboxylic acids is 1. The first-order valence-corrected chi connectivity index (χ1v) is 5.59. The van der Waals surface area contributed by atoms with Gasteiger partial charge in [-0.1, -0.05) is 13.3 Å². The molecule has 1 atom stereocenters. The van der Waals surface area contributed by atoms with Crippen LogP contribution in [0.4, 0.5) is 0 Å². The zero-order valence-electron chi connectivity index (χ0n) is 9.20. The quantitative estimate of drug-likeness (QED) is 0.711. The first kappa shape index (κ1) is 11.5. The van der Waals surface area contributed by atoms with E-state index in [-0.39, 0.29) is 0 Å². The molecule has 82 valence electrons. The van der Waals surface area contributed by atoms with E-state index in [1.807, 2.05) is 0 Å². The lowest BCUT2D eigenvalue weighted by Crippen LogP contribution is -2.51. The van der Waals surface area contributed by atoms with E-state index in [1.165, 1.54) is 25.9 Å². The molecule has 0 spiro atoms. The Morgan fingerprint density at radius 2 is 2.21 bits per heavy atom. The van der Waals surface area contributed by atoms with Gasteiger partial charge < -0.3 is 5.11 Å². The molecule has 1 heterocycles. The molecule has 0 saturated carbocycles. The second-order valence-electron chi connectivity index (χ2n) is 4.39. The Labute approximate surface area is 86.1 Å². The van der Waals surface area contributed by atoms with Crippen LogP contribution in [0.5, 0.6) is 0 Å². The fourth-order valence-corrected chi connectivity index (χ4v) is 2.08. The molecule has 0 amide bonds. The van der Waals surface area contributed by atoms with E-state index in [0.29, 0.717) is 12.5 Å². The summed E-state index contributed by atoms with van der Waals surface area (Å²) in [6.07, 6.45) is 3.68. The Bertz CT molecular complexity index is 188. The average molecular weight is 199 g/mol. The van der Waals surface area contributed by atoms with E-state index >= 15 is 0 Å². The molecule has 14 heavy (non-hydrogen) atoms. The number of carboxylic acid groups (broad SMARTS) is 1. The van der Waals surface area contributed by atoms with Crippen LogP contribution in [0.15, 0.2) is 0 Å². The molecule has 1 aliphatic rings. The number of carbonyl (C=O) groups is 1. The molecule has 1 N–H and O–H groups in total. The fraction of sp³-hybridized carbons (Fsp3) is 0.909.